The molecule has 1 heterocycles. The molecule has 0 aliphatic rings. The zero-order chi connectivity index (χ0) is 16.7. The maximum Gasteiger partial charge on any atom is 0.269 e. The summed E-state index contributed by atoms with van der Waals surface area (Å²) in [7, 11) is 0. The second-order valence-corrected chi connectivity index (χ2v) is 5.14. The number of nitrogens with one attached hydrogen (secondary N) is 1. The average Bonchev–Trinajstić information content (AvgIpc) is 3.04. The van der Waals surface area contributed by atoms with Crippen LogP contribution in [0.4, 0.5) is 5.69 Å². The number of non-ortho nitro benzene ring substituents is 1. The lowest BCUT2D eigenvalue weighted by Crippen LogP contribution is -2.24. The van der Waals surface area contributed by atoms with Crippen LogP contribution in [-0.4, -0.2) is 17.4 Å². The number of aryl methyl sites for hydroxylation is 1. The third-order valence-corrected chi connectivity index (χ3v) is 3.44. The summed E-state index contributed by atoms with van der Waals surface area (Å²) < 4.78 is 5.11. The number of nitro groups is 1. The van der Waals surface area contributed by atoms with E-state index < -0.39 is 4.92 Å². The molecule has 0 bridgehead atoms. The van der Waals surface area contributed by atoms with Crippen molar-refractivity contribution in [2.75, 3.05) is 6.54 Å². The highest BCUT2D eigenvalue weighted by molar-refractivity contribution is 5.93. The Hall–Kier alpha value is -2.67. The number of rotatable bonds is 8. The minimum Gasteiger partial charge on any atom is -0.467 e. The van der Waals surface area contributed by atoms with Crippen LogP contribution < -0.4 is 11.1 Å². The predicted molar refractivity (Wildman–Crippen MR) is 85.0 cm³/mol. The largest absolute Gasteiger partial charge is 0.467 e. The van der Waals surface area contributed by atoms with Gasteiger partial charge in [-0.25, -0.2) is 0 Å². The van der Waals surface area contributed by atoms with Crippen LogP contribution >= 0.6 is 0 Å². The molecule has 0 spiro atoms. The average molecular weight is 317 g/mol. The SMILES string of the molecule is NCc1cc(C(=O)NCCCCc2ccc([N+](=O)[O-])cc2)co1. The number of benzene rings is 1. The number of nitrogens with two attached hydrogens (primary N) is 1. The molecule has 7 nitrogen and oxygen atoms in total. The van der Waals surface area contributed by atoms with Crippen molar-refractivity contribution >= 4 is 11.6 Å². The number of furan rings is 1. The molecular weight excluding hydrogens is 298 g/mol. The molecule has 1 amide bonds. The van der Waals surface area contributed by atoms with Gasteiger partial charge in [0, 0.05) is 18.7 Å². The van der Waals surface area contributed by atoms with Gasteiger partial charge in [0.25, 0.3) is 11.6 Å². The van der Waals surface area contributed by atoms with Crippen LogP contribution in [0.25, 0.3) is 0 Å². The summed E-state index contributed by atoms with van der Waals surface area (Å²) in [5.74, 6) is 0.400. The fraction of sp³-hybridized carbons (Fsp3) is 0.312. The fourth-order valence-corrected chi connectivity index (χ4v) is 2.15. The predicted octanol–water partition coefficient (Wildman–Crippen LogP) is 2.40. The van der Waals surface area contributed by atoms with E-state index in [0.717, 1.165) is 24.8 Å². The molecule has 23 heavy (non-hydrogen) atoms. The van der Waals surface area contributed by atoms with Gasteiger partial charge in [0.15, 0.2) is 0 Å². The lowest BCUT2D eigenvalue weighted by Gasteiger charge is -2.04. The molecule has 1 aromatic heterocycles. The topological polar surface area (TPSA) is 111 Å². The number of carbonyl (C=O) groups excluding carboxylic acids is 1. The standard InChI is InChI=1S/C16H19N3O4/c17-10-15-9-13(11-23-15)16(20)18-8-2-1-3-12-4-6-14(7-5-12)19(21)22/h4-7,9,11H,1-3,8,10,17H2,(H,18,20). The number of hydrogen-bond acceptors (Lipinski definition) is 5. The van der Waals surface area contributed by atoms with E-state index in [2.05, 4.69) is 5.32 Å². The molecule has 0 aliphatic heterocycles. The highest BCUT2D eigenvalue weighted by Crippen LogP contribution is 2.13. The molecule has 7 heteroatoms. The van der Waals surface area contributed by atoms with Gasteiger partial charge in [0.05, 0.1) is 17.0 Å². The normalized spacial score (nSPS) is 10.5. The molecule has 0 saturated carbocycles. The number of unbranched alkanes of at least 4 members (excludes halogenated alkanes) is 1. The van der Waals surface area contributed by atoms with Crippen LogP contribution in [0.5, 0.6) is 0 Å². The Morgan fingerprint density at radius 2 is 2.00 bits per heavy atom. The first-order valence-corrected chi connectivity index (χ1v) is 7.39. The highest BCUT2D eigenvalue weighted by Gasteiger charge is 2.08. The van der Waals surface area contributed by atoms with Gasteiger partial charge in [-0.2, -0.15) is 0 Å². The van der Waals surface area contributed by atoms with E-state index in [1.165, 1.54) is 18.4 Å². The zero-order valence-corrected chi connectivity index (χ0v) is 12.7. The van der Waals surface area contributed by atoms with Gasteiger partial charge in [0.2, 0.25) is 0 Å². The molecule has 1 aromatic carbocycles. The first-order chi connectivity index (χ1) is 11.1. The lowest BCUT2D eigenvalue weighted by molar-refractivity contribution is -0.384. The minimum absolute atomic E-state index is 0.0953. The third kappa shape index (κ3) is 4.93. The van der Waals surface area contributed by atoms with E-state index in [0.29, 0.717) is 17.9 Å². The van der Waals surface area contributed by atoms with E-state index in [-0.39, 0.29) is 18.1 Å². The van der Waals surface area contributed by atoms with Gasteiger partial charge in [-0.3, -0.25) is 14.9 Å². The molecule has 0 atom stereocenters. The van der Waals surface area contributed by atoms with Gasteiger partial charge in [0.1, 0.15) is 12.0 Å². The molecule has 0 fully saturated rings. The first kappa shape index (κ1) is 16.7. The maximum atomic E-state index is 11.8. The number of amides is 1. The van der Waals surface area contributed by atoms with E-state index in [1.807, 2.05) is 0 Å². The van der Waals surface area contributed by atoms with Crippen molar-refractivity contribution in [1.29, 1.82) is 0 Å². The molecule has 2 aromatic rings. The van der Waals surface area contributed by atoms with Gasteiger partial charge in [-0.15, -0.1) is 0 Å². The summed E-state index contributed by atoms with van der Waals surface area (Å²) in [4.78, 5) is 22.0. The van der Waals surface area contributed by atoms with E-state index >= 15 is 0 Å². The number of hydrogen-bond donors (Lipinski definition) is 2. The Morgan fingerprint density at radius 1 is 1.26 bits per heavy atom. The molecular formula is C16H19N3O4. The summed E-state index contributed by atoms with van der Waals surface area (Å²) in [6.07, 6.45) is 3.92. The molecule has 122 valence electrons. The van der Waals surface area contributed by atoms with Crippen LogP contribution in [0.1, 0.15) is 34.5 Å². The Balaban J connectivity index is 1.67. The Bertz CT molecular complexity index is 664. The van der Waals surface area contributed by atoms with Crippen molar-refractivity contribution < 1.29 is 14.1 Å². The highest BCUT2D eigenvalue weighted by atomic mass is 16.6. The molecule has 0 radical (unpaired) electrons. The van der Waals surface area contributed by atoms with E-state index in [1.54, 1.807) is 18.2 Å². The van der Waals surface area contributed by atoms with Gasteiger partial charge >= 0.3 is 0 Å². The van der Waals surface area contributed by atoms with Gasteiger partial charge in [-0.05, 0) is 30.9 Å². The van der Waals surface area contributed by atoms with Crippen LogP contribution in [0.2, 0.25) is 0 Å². The van der Waals surface area contributed by atoms with Gasteiger partial charge < -0.3 is 15.5 Å². The summed E-state index contributed by atoms with van der Waals surface area (Å²) >= 11 is 0. The maximum absolute atomic E-state index is 11.8. The molecule has 2 rings (SSSR count). The summed E-state index contributed by atoms with van der Waals surface area (Å²) in [5.41, 5.74) is 7.04. The monoisotopic (exact) mass is 317 g/mol. The number of carbonyl (C=O) groups is 1. The summed E-state index contributed by atoms with van der Waals surface area (Å²) in [5, 5.41) is 13.4. The molecule has 0 saturated heterocycles. The quantitative estimate of drug-likeness (QED) is 0.441. The smallest absolute Gasteiger partial charge is 0.269 e. The van der Waals surface area contributed by atoms with Crippen LogP contribution in [0.3, 0.4) is 0 Å². The van der Waals surface area contributed by atoms with Crippen molar-refractivity contribution in [2.45, 2.75) is 25.8 Å². The Labute approximate surface area is 133 Å². The Morgan fingerprint density at radius 3 is 2.61 bits per heavy atom. The molecule has 0 unspecified atom stereocenters. The minimum atomic E-state index is -0.411. The first-order valence-electron chi connectivity index (χ1n) is 7.39. The lowest BCUT2D eigenvalue weighted by atomic mass is 10.1. The van der Waals surface area contributed by atoms with Crippen molar-refractivity contribution in [3.63, 3.8) is 0 Å². The Kier molecular flexibility index (Phi) is 5.87. The van der Waals surface area contributed by atoms with Crippen LogP contribution in [0.15, 0.2) is 41.0 Å². The van der Waals surface area contributed by atoms with Crippen LogP contribution in [-0.2, 0) is 13.0 Å². The summed E-state index contributed by atoms with van der Waals surface area (Å²) in [6.45, 7) is 0.831. The second kappa shape index (κ2) is 8.09. The van der Waals surface area contributed by atoms with Crippen molar-refractivity contribution in [1.82, 2.24) is 5.32 Å². The molecule has 0 aliphatic carbocycles. The van der Waals surface area contributed by atoms with Crippen molar-refractivity contribution in [3.05, 3.63) is 63.6 Å². The van der Waals surface area contributed by atoms with Gasteiger partial charge in [-0.1, -0.05) is 12.1 Å². The summed E-state index contributed by atoms with van der Waals surface area (Å²) in [6, 6.07) is 8.16. The molecule has 3 N–H and O–H groups in total. The number of nitro benzene ring substituents is 1. The third-order valence-electron chi connectivity index (χ3n) is 3.44. The second-order valence-electron chi connectivity index (χ2n) is 5.14. The van der Waals surface area contributed by atoms with Crippen LogP contribution in [0, 0.1) is 10.1 Å². The van der Waals surface area contributed by atoms with Crippen molar-refractivity contribution in [2.24, 2.45) is 5.73 Å². The van der Waals surface area contributed by atoms with E-state index in [4.69, 9.17) is 10.2 Å². The van der Waals surface area contributed by atoms with E-state index in [9.17, 15) is 14.9 Å². The number of nitrogens with zero attached hydrogens (tertiary/aromatic N) is 1. The van der Waals surface area contributed by atoms with Crippen molar-refractivity contribution in [3.8, 4) is 0 Å². The zero-order valence-electron chi connectivity index (χ0n) is 12.7. The fourth-order valence-electron chi connectivity index (χ4n) is 2.15.